The Morgan fingerprint density at radius 3 is 1.33 bits per heavy atom. The van der Waals surface area contributed by atoms with Crippen LogP contribution < -0.4 is 5.32 Å². The first kappa shape index (κ1) is 58.7. The van der Waals surface area contributed by atoms with Crippen LogP contribution in [0.3, 0.4) is 0 Å². The topological polar surface area (TPSA) is 105 Å². The average molecular weight is 868 g/mol. The highest BCUT2D eigenvalue weighted by Crippen LogP contribution is 2.43. The van der Waals surface area contributed by atoms with Gasteiger partial charge in [0.05, 0.1) is 39.9 Å². The molecule has 0 saturated heterocycles. The minimum Gasteiger partial charge on any atom is -0.387 e. The van der Waals surface area contributed by atoms with E-state index in [9.17, 15) is 19.4 Å². The molecule has 8 nitrogen and oxygen atoms in total. The van der Waals surface area contributed by atoms with Gasteiger partial charge >= 0.3 is 7.82 Å². The first-order valence-corrected chi connectivity index (χ1v) is 26.9. The highest BCUT2D eigenvalue weighted by Gasteiger charge is 2.27. The third-order valence-corrected chi connectivity index (χ3v) is 12.3. The number of hydrogen-bond donors (Lipinski definition) is 3. The highest BCUT2D eigenvalue weighted by atomic mass is 31.2. The first-order chi connectivity index (χ1) is 29.0. The zero-order valence-electron chi connectivity index (χ0n) is 40.2. The molecule has 3 unspecified atom stereocenters. The lowest BCUT2D eigenvalue weighted by Gasteiger charge is -2.25. The van der Waals surface area contributed by atoms with E-state index in [2.05, 4.69) is 43.5 Å². The molecule has 60 heavy (non-hydrogen) atoms. The molecule has 0 saturated carbocycles. The van der Waals surface area contributed by atoms with Gasteiger partial charge in [-0.1, -0.05) is 204 Å². The molecule has 9 heteroatoms. The fourth-order valence-electron chi connectivity index (χ4n) is 7.29. The largest absolute Gasteiger partial charge is 0.472 e. The van der Waals surface area contributed by atoms with Crippen molar-refractivity contribution in [3.05, 3.63) is 36.5 Å². The van der Waals surface area contributed by atoms with Gasteiger partial charge in [0.25, 0.3) is 0 Å². The van der Waals surface area contributed by atoms with Gasteiger partial charge in [0.1, 0.15) is 13.2 Å². The number of hydrogen-bond acceptors (Lipinski definition) is 5. The molecule has 0 aromatic heterocycles. The Morgan fingerprint density at radius 1 is 0.550 bits per heavy atom. The predicted octanol–water partition coefficient (Wildman–Crippen LogP) is 14.6. The molecule has 0 aliphatic heterocycles. The van der Waals surface area contributed by atoms with Crippen molar-refractivity contribution >= 4 is 13.7 Å². The lowest BCUT2D eigenvalue weighted by molar-refractivity contribution is -0.870. The Kier molecular flexibility index (Phi) is 42.1. The number of aliphatic hydroxyl groups is 1. The Hall–Kier alpha value is -1.28. The van der Waals surface area contributed by atoms with Gasteiger partial charge in [0.2, 0.25) is 5.91 Å². The van der Waals surface area contributed by atoms with Gasteiger partial charge in [-0.3, -0.25) is 13.8 Å². The summed E-state index contributed by atoms with van der Waals surface area (Å²) in [6.45, 7) is 4.80. The molecule has 0 aromatic rings. The van der Waals surface area contributed by atoms with Crippen LogP contribution in [0.5, 0.6) is 0 Å². The normalized spacial score (nSPS) is 14.4. The van der Waals surface area contributed by atoms with Gasteiger partial charge in [0, 0.05) is 6.42 Å². The number of quaternary nitrogens is 1. The standard InChI is InChI=1S/C51H99N2O6P/c1-6-8-10-12-14-16-18-20-22-24-25-26-27-29-30-32-34-36-38-40-42-44-50(54)49(48-59-60(56,57)58-47-46-53(3,4)5)52-51(55)45-43-41-39-37-35-33-31-28-23-21-19-17-15-13-11-9-7-2/h21,23,34,36,42,44,49-50,54H,6-20,22,24-33,35,37-41,43,45-48H2,1-5H3,(H-,52,55,56,57)/p+1/b23-21-,36-34+,44-42+. The molecule has 0 radical (unpaired) electrons. The van der Waals surface area contributed by atoms with E-state index in [0.717, 1.165) is 38.5 Å². The third-order valence-electron chi connectivity index (χ3n) is 11.3. The molecule has 0 heterocycles. The van der Waals surface area contributed by atoms with Crippen LogP contribution in [0.15, 0.2) is 36.5 Å². The summed E-state index contributed by atoms with van der Waals surface area (Å²) in [5, 5.41) is 13.9. The van der Waals surface area contributed by atoms with Crippen LogP contribution >= 0.6 is 7.82 Å². The van der Waals surface area contributed by atoms with Crippen molar-refractivity contribution in [1.82, 2.24) is 5.32 Å². The number of allylic oxidation sites excluding steroid dienone is 5. The number of nitrogens with zero attached hydrogens (tertiary/aromatic N) is 1. The minimum absolute atomic E-state index is 0.0556. The summed E-state index contributed by atoms with van der Waals surface area (Å²) >= 11 is 0. The van der Waals surface area contributed by atoms with Crippen molar-refractivity contribution in [1.29, 1.82) is 0 Å². The van der Waals surface area contributed by atoms with Crippen LogP contribution in [0, 0.1) is 0 Å². The van der Waals surface area contributed by atoms with Crippen molar-refractivity contribution in [2.45, 2.75) is 244 Å². The average Bonchev–Trinajstić information content (AvgIpc) is 3.20. The Morgan fingerprint density at radius 2 is 0.917 bits per heavy atom. The Bertz CT molecular complexity index is 1070. The summed E-state index contributed by atoms with van der Waals surface area (Å²) in [5.41, 5.74) is 0. The number of phosphoric ester groups is 1. The maximum Gasteiger partial charge on any atom is 0.472 e. The fourth-order valence-corrected chi connectivity index (χ4v) is 8.02. The summed E-state index contributed by atoms with van der Waals surface area (Å²) in [6, 6.07) is -0.864. The molecular weight excluding hydrogens is 768 g/mol. The van der Waals surface area contributed by atoms with Gasteiger partial charge in [-0.2, -0.15) is 0 Å². The van der Waals surface area contributed by atoms with E-state index in [-0.39, 0.29) is 19.1 Å². The summed E-state index contributed by atoms with van der Waals surface area (Å²) in [4.78, 5) is 23.2. The molecule has 0 spiro atoms. The van der Waals surface area contributed by atoms with E-state index in [1.165, 1.54) is 173 Å². The van der Waals surface area contributed by atoms with Gasteiger partial charge in [-0.25, -0.2) is 4.57 Å². The van der Waals surface area contributed by atoms with Crippen molar-refractivity contribution < 1.29 is 32.9 Å². The van der Waals surface area contributed by atoms with Crippen molar-refractivity contribution in [2.75, 3.05) is 40.9 Å². The SMILES string of the molecule is CCCCCCCC/C=C\CCCCCCCCCC(=O)NC(COP(=O)(O)OCC[N+](C)(C)C)C(O)/C=C/CC/C=C/CCCCCCCCCCCCCCCCC. The quantitative estimate of drug-likeness (QED) is 0.0244. The van der Waals surface area contributed by atoms with Gasteiger partial charge in [0.15, 0.2) is 0 Å². The molecule has 1 amide bonds. The lowest BCUT2D eigenvalue weighted by atomic mass is 10.0. The predicted molar refractivity (Wildman–Crippen MR) is 258 cm³/mol. The zero-order chi connectivity index (χ0) is 44.3. The smallest absolute Gasteiger partial charge is 0.387 e. The lowest BCUT2D eigenvalue weighted by Crippen LogP contribution is -2.45. The molecule has 0 aliphatic rings. The van der Waals surface area contributed by atoms with Crippen molar-refractivity contribution in [3.8, 4) is 0 Å². The van der Waals surface area contributed by atoms with Gasteiger partial charge in [-0.15, -0.1) is 0 Å². The number of phosphoric acid groups is 1. The van der Waals surface area contributed by atoms with Gasteiger partial charge in [-0.05, 0) is 57.8 Å². The van der Waals surface area contributed by atoms with E-state index in [0.29, 0.717) is 17.4 Å². The third kappa shape index (κ3) is 44.8. The molecule has 3 atom stereocenters. The van der Waals surface area contributed by atoms with E-state index in [1.54, 1.807) is 6.08 Å². The summed E-state index contributed by atoms with van der Waals surface area (Å²) in [5.74, 6) is -0.191. The number of nitrogens with one attached hydrogen (secondary N) is 1. The second-order valence-electron chi connectivity index (χ2n) is 18.5. The van der Waals surface area contributed by atoms with Gasteiger partial charge < -0.3 is 19.8 Å². The van der Waals surface area contributed by atoms with Crippen LogP contribution in [0.1, 0.15) is 232 Å². The monoisotopic (exact) mass is 868 g/mol. The summed E-state index contributed by atoms with van der Waals surface area (Å²) in [7, 11) is 1.55. The second kappa shape index (κ2) is 43.0. The van der Waals surface area contributed by atoms with E-state index in [1.807, 2.05) is 27.2 Å². The van der Waals surface area contributed by atoms with Crippen LogP contribution in [0.25, 0.3) is 0 Å². The minimum atomic E-state index is -4.35. The Labute approximate surface area is 372 Å². The number of rotatable bonds is 46. The molecular formula is C51H100N2O6P+. The van der Waals surface area contributed by atoms with E-state index < -0.39 is 20.0 Å². The number of unbranched alkanes of at least 4 members (excludes halogenated alkanes) is 29. The number of carbonyl (C=O) groups excluding carboxylic acids is 1. The van der Waals surface area contributed by atoms with Crippen LogP contribution in [0.4, 0.5) is 0 Å². The van der Waals surface area contributed by atoms with Crippen molar-refractivity contribution in [2.24, 2.45) is 0 Å². The molecule has 354 valence electrons. The fraction of sp³-hybridized carbons (Fsp3) is 0.863. The van der Waals surface area contributed by atoms with Crippen LogP contribution in [0.2, 0.25) is 0 Å². The molecule has 0 rings (SSSR count). The number of amides is 1. The maximum atomic E-state index is 12.9. The highest BCUT2D eigenvalue weighted by molar-refractivity contribution is 7.47. The maximum absolute atomic E-state index is 12.9. The van der Waals surface area contributed by atoms with E-state index in [4.69, 9.17) is 9.05 Å². The first-order valence-electron chi connectivity index (χ1n) is 25.4. The zero-order valence-corrected chi connectivity index (χ0v) is 41.1. The molecule has 0 aromatic carbocycles. The van der Waals surface area contributed by atoms with E-state index >= 15 is 0 Å². The second-order valence-corrected chi connectivity index (χ2v) is 20.0. The molecule has 0 fully saturated rings. The molecule has 3 N–H and O–H groups in total. The Balaban J connectivity index is 4.37. The van der Waals surface area contributed by atoms with Crippen LogP contribution in [-0.4, -0.2) is 73.4 Å². The summed E-state index contributed by atoms with van der Waals surface area (Å²) in [6.07, 6.45) is 53.7. The number of likely N-dealkylation sites (N-methyl/N-ethyl adjacent to an activating group) is 1. The van der Waals surface area contributed by atoms with Crippen LogP contribution in [-0.2, 0) is 18.4 Å². The molecule has 0 bridgehead atoms. The summed E-state index contributed by atoms with van der Waals surface area (Å²) < 4.78 is 23.6. The number of aliphatic hydroxyl groups excluding tert-OH is 1. The number of carbonyl (C=O) groups is 1. The van der Waals surface area contributed by atoms with Crippen molar-refractivity contribution in [3.63, 3.8) is 0 Å². The molecule has 0 aliphatic carbocycles.